The van der Waals surface area contributed by atoms with Crippen LogP contribution in [0, 0.1) is 34.5 Å². The number of nitrogens with zero attached hydrogens (tertiary/aromatic N) is 2. The first-order valence-corrected chi connectivity index (χ1v) is 11.9. The number of aromatic nitrogens is 1. The van der Waals surface area contributed by atoms with Gasteiger partial charge in [-0.2, -0.15) is 0 Å². The first-order chi connectivity index (χ1) is 14.8. The molecule has 0 unspecified atom stereocenters. The van der Waals surface area contributed by atoms with Crippen molar-refractivity contribution < 1.29 is 9.59 Å². The minimum absolute atomic E-state index is 0.0536. The van der Waals surface area contributed by atoms with Crippen molar-refractivity contribution in [3.8, 4) is 0 Å². The van der Waals surface area contributed by atoms with E-state index in [-0.39, 0.29) is 28.6 Å². The van der Waals surface area contributed by atoms with Gasteiger partial charge < -0.3 is 10.2 Å². The van der Waals surface area contributed by atoms with Gasteiger partial charge in [-0.15, -0.1) is 0 Å². The van der Waals surface area contributed by atoms with E-state index >= 15 is 0 Å². The smallest absolute Gasteiger partial charge is 0.228 e. The van der Waals surface area contributed by atoms with Crippen LogP contribution in [0.5, 0.6) is 0 Å². The largest absolute Gasteiger partial charge is 0.324 e. The van der Waals surface area contributed by atoms with Crippen LogP contribution in [0.4, 0.5) is 5.69 Å². The fourth-order valence-electron chi connectivity index (χ4n) is 8.21. The number of pyridine rings is 1. The van der Waals surface area contributed by atoms with Crippen molar-refractivity contribution >= 4 is 17.5 Å². The molecule has 4 aliphatic rings. The van der Waals surface area contributed by atoms with Gasteiger partial charge in [0.2, 0.25) is 11.8 Å². The number of hydrogen-bond donors (Lipinski definition) is 1. The Hall–Kier alpha value is -2.17. The minimum Gasteiger partial charge on any atom is -0.324 e. The zero-order chi connectivity index (χ0) is 22.0. The molecule has 0 spiro atoms. The molecule has 6 atom stereocenters. The molecule has 2 heterocycles. The Morgan fingerprint density at radius 1 is 1.19 bits per heavy atom. The van der Waals surface area contributed by atoms with E-state index in [1.807, 2.05) is 24.1 Å². The molecule has 5 rings (SSSR count). The summed E-state index contributed by atoms with van der Waals surface area (Å²) in [6, 6.07) is 3.77. The second kappa shape index (κ2) is 7.18. The number of anilines is 1. The van der Waals surface area contributed by atoms with Gasteiger partial charge in [0, 0.05) is 36.7 Å². The third-order valence-corrected chi connectivity index (χ3v) is 9.56. The highest BCUT2D eigenvalue weighted by Gasteiger charge is 2.61. The Kier molecular flexibility index (Phi) is 4.80. The lowest BCUT2D eigenvalue weighted by atomic mass is 9.48. The van der Waals surface area contributed by atoms with Crippen LogP contribution < -0.4 is 5.32 Å². The molecule has 3 fully saturated rings. The number of piperidine rings is 1. The highest BCUT2D eigenvalue weighted by molar-refractivity contribution is 5.93. The van der Waals surface area contributed by atoms with Crippen LogP contribution in [0.1, 0.15) is 65.7 Å². The summed E-state index contributed by atoms with van der Waals surface area (Å²) < 4.78 is 0. The van der Waals surface area contributed by atoms with Gasteiger partial charge in [-0.1, -0.05) is 19.4 Å². The van der Waals surface area contributed by atoms with Crippen LogP contribution in [-0.2, 0) is 9.59 Å². The molecule has 3 aliphatic carbocycles. The van der Waals surface area contributed by atoms with E-state index in [0.29, 0.717) is 24.2 Å². The van der Waals surface area contributed by atoms with Crippen molar-refractivity contribution in [3.05, 3.63) is 35.8 Å². The van der Waals surface area contributed by atoms with Crippen molar-refractivity contribution in [3.63, 3.8) is 0 Å². The first kappa shape index (κ1) is 20.7. The van der Waals surface area contributed by atoms with Crippen molar-refractivity contribution in [1.82, 2.24) is 9.88 Å². The molecule has 5 nitrogen and oxygen atoms in total. The summed E-state index contributed by atoms with van der Waals surface area (Å²) in [7, 11) is 1.97. The average molecular weight is 422 g/mol. The lowest BCUT2D eigenvalue weighted by Gasteiger charge is -2.59. The van der Waals surface area contributed by atoms with Gasteiger partial charge >= 0.3 is 0 Å². The number of allylic oxidation sites excluding steroid dienone is 2. The molecule has 31 heavy (non-hydrogen) atoms. The van der Waals surface area contributed by atoms with Crippen LogP contribution in [0.15, 0.2) is 35.8 Å². The number of carbonyl (C=O) groups is 2. The number of hydrogen-bond acceptors (Lipinski definition) is 3. The Morgan fingerprint density at radius 3 is 2.74 bits per heavy atom. The van der Waals surface area contributed by atoms with Crippen LogP contribution in [-0.4, -0.2) is 28.7 Å². The van der Waals surface area contributed by atoms with E-state index in [4.69, 9.17) is 0 Å². The second-order valence-electron chi connectivity index (χ2n) is 11.0. The number of carbonyl (C=O) groups excluding carboxylic acids is 2. The van der Waals surface area contributed by atoms with Gasteiger partial charge in [0.1, 0.15) is 0 Å². The van der Waals surface area contributed by atoms with Gasteiger partial charge in [-0.25, -0.2) is 0 Å². The molecule has 1 aliphatic heterocycles. The van der Waals surface area contributed by atoms with Gasteiger partial charge in [-0.3, -0.25) is 14.6 Å². The fraction of sp³-hybridized carbons (Fsp3) is 0.654. The lowest BCUT2D eigenvalue weighted by molar-refractivity contribution is -0.137. The monoisotopic (exact) mass is 421 g/mol. The maximum Gasteiger partial charge on any atom is 0.228 e. The molecule has 1 N–H and O–H groups in total. The van der Waals surface area contributed by atoms with E-state index in [1.165, 1.54) is 11.3 Å². The zero-order valence-corrected chi connectivity index (χ0v) is 19.3. The fourth-order valence-corrected chi connectivity index (χ4v) is 8.21. The Bertz CT molecular complexity index is 941. The standard InChI is InChI=1S/C26H35N3O2/c1-16-14-18-19-7-8-21(24(31)28-17-6-5-13-27-15-17)25(19,2)11-9-20(18)26(3)12-10-22(30)29(4)23(16)26/h5-6,13,15,18-21H,7-12,14H2,1-4H3,(H,28,31)/t18-,19-,20-,21+,25-,26+/m0/s1. The van der Waals surface area contributed by atoms with E-state index in [2.05, 4.69) is 31.1 Å². The molecule has 1 saturated heterocycles. The SMILES string of the molecule is CC1=C2N(C)C(=O)CC[C@]2(C)[C@H]2CC[C@]3(C)[C@@H](C(=O)Nc4cccnc4)CC[C@H]3[C@@H]2C1. The summed E-state index contributed by atoms with van der Waals surface area (Å²) >= 11 is 0. The molecule has 166 valence electrons. The molecule has 5 heteroatoms. The Balaban J connectivity index is 1.43. The molecule has 2 saturated carbocycles. The van der Waals surface area contributed by atoms with Crippen molar-refractivity contribution in [2.45, 2.75) is 65.7 Å². The van der Waals surface area contributed by atoms with Gasteiger partial charge in [0.15, 0.2) is 0 Å². The predicted octanol–water partition coefficient (Wildman–Crippen LogP) is 5.02. The summed E-state index contributed by atoms with van der Waals surface area (Å²) in [6.07, 6.45) is 10.5. The van der Waals surface area contributed by atoms with Crippen LogP contribution in [0.3, 0.4) is 0 Å². The van der Waals surface area contributed by atoms with Crippen molar-refractivity contribution in [1.29, 1.82) is 0 Å². The van der Waals surface area contributed by atoms with Crippen molar-refractivity contribution in [2.75, 3.05) is 12.4 Å². The third-order valence-electron chi connectivity index (χ3n) is 9.56. The number of likely N-dealkylation sites (tertiary alicyclic amines) is 1. The topological polar surface area (TPSA) is 62.3 Å². The number of fused-ring (bicyclic) bond motifs is 5. The van der Waals surface area contributed by atoms with Gasteiger partial charge in [-0.05, 0) is 80.8 Å². The normalized spacial score (nSPS) is 39.6. The molecule has 0 bridgehead atoms. The van der Waals surface area contributed by atoms with Crippen LogP contribution in [0.2, 0.25) is 0 Å². The Morgan fingerprint density at radius 2 is 2.00 bits per heavy atom. The Labute approximate surface area is 185 Å². The first-order valence-electron chi connectivity index (χ1n) is 11.9. The number of amides is 2. The average Bonchev–Trinajstić information content (AvgIpc) is 3.09. The molecule has 0 aromatic carbocycles. The maximum atomic E-state index is 13.3. The zero-order valence-electron chi connectivity index (χ0n) is 19.3. The molecular formula is C26H35N3O2. The second-order valence-corrected chi connectivity index (χ2v) is 11.0. The summed E-state index contributed by atoms with van der Waals surface area (Å²) in [4.78, 5) is 31.8. The van der Waals surface area contributed by atoms with Crippen molar-refractivity contribution in [2.24, 2.45) is 34.5 Å². The van der Waals surface area contributed by atoms with E-state index in [0.717, 1.165) is 44.2 Å². The van der Waals surface area contributed by atoms with Crippen LogP contribution in [0.25, 0.3) is 0 Å². The van der Waals surface area contributed by atoms with Gasteiger partial charge in [0.05, 0.1) is 11.9 Å². The summed E-state index contributed by atoms with van der Waals surface area (Å²) in [6.45, 7) is 7.03. The highest BCUT2D eigenvalue weighted by atomic mass is 16.2. The maximum absolute atomic E-state index is 13.3. The quantitative estimate of drug-likeness (QED) is 0.730. The third kappa shape index (κ3) is 2.99. The minimum atomic E-state index is 0.0536. The molecular weight excluding hydrogens is 386 g/mol. The molecule has 1 aromatic rings. The van der Waals surface area contributed by atoms with E-state index < -0.39 is 0 Å². The molecule has 0 radical (unpaired) electrons. The van der Waals surface area contributed by atoms with E-state index in [1.54, 1.807) is 12.4 Å². The summed E-state index contributed by atoms with van der Waals surface area (Å²) in [5.41, 5.74) is 3.63. The number of rotatable bonds is 2. The highest BCUT2D eigenvalue weighted by Crippen LogP contribution is 2.66. The predicted molar refractivity (Wildman–Crippen MR) is 121 cm³/mol. The lowest BCUT2D eigenvalue weighted by Crippen LogP contribution is -2.54. The van der Waals surface area contributed by atoms with E-state index in [9.17, 15) is 9.59 Å². The van der Waals surface area contributed by atoms with Gasteiger partial charge in [0.25, 0.3) is 0 Å². The van der Waals surface area contributed by atoms with Crippen LogP contribution >= 0.6 is 0 Å². The molecule has 2 amide bonds. The summed E-state index contributed by atoms with van der Waals surface area (Å²) in [5, 5.41) is 3.13. The molecule has 1 aromatic heterocycles. The summed E-state index contributed by atoms with van der Waals surface area (Å²) in [5.74, 6) is 2.29. The number of nitrogens with one attached hydrogen (secondary N) is 1.